The number of hydrogen-bond donors (Lipinski definition) is 1. The monoisotopic (exact) mass is 640 g/mol. The van der Waals surface area contributed by atoms with Gasteiger partial charge in [0.2, 0.25) is 5.16 Å². The highest BCUT2D eigenvalue weighted by molar-refractivity contribution is 7.85. The van der Waals surface area contributed by atoms with Gasteiger partial charge >= 0.3 is 0 Å². The maximum absolute atomic E-state index is 13.6. The molecule has 2 heterocycles. The average Bonchev–Trinajstić information content (AvgIpc) is 3.41. The molecule has 1 unspecified atom stereocenters. The van der Waals surface area contributed by atoms with E-state index in [0.717, 1.165) is 66.2 Å². The third kappa shape index (κ3) is 8.53. The molecule has 0 saturated carbocycles. The van der Waals surface area contributed by atoms with Crippen molar-refractivity contribution in [2.45, 2.75) is 50.1 Å². The number of hydrogen-bond acceptors (Lipinski definition) is 6. The topological polar surface area (TPSA) is 85.7 Å². The molecule has 5 rings (SSSR count). The lowest BCUT2D eigenvalue weighted by Gasteiger charge is -2.27. The SMILES string of the molecule is CCCCOCCOc1ccc(-c2ccc3c(c2)C=C(C(=O)Nc2ccc(S(=O)c4nccn4C)cc2)CCN3CC(C)C)cc1. The van der Waals surface area contributed by atoms with Gasteiger partial charge in [-0.05, 0) is 90.1 Å². The maximum atomic E-state index is 13.6. The minimum absolute atomic E-state index is 0.138. The number of fused-ring (bicyclic) bond motifs is 1. The Balaban J connectivity index is 1.31. The van der Waals surface area contributed by atoms with Crippen LogP contribution in [0.1, 0.15) is 45.6 Å². The molecule has 0 aliphatic carbocycles. The van der Waals surface area contributed by atoms with Crippen LogP contribution in [0.5, 0.6) is 5.75 Å². The Hall–Kier alpha value is -4.21. The Kier molecular flexibility index (Phi) is 11.4. The Morgan fingerprint density at radius 1 is 1.00 bits per heavy atom. The summed E-state index contributed by atoms with van der Waals surface area (Å²) in [5.74, 6) is 1.15. The van der Waals surface area contributed by atoms with Crippen molar-refractivity contribution in [3.05, 3.63) is 90.3 Å². The summed E-state index contributed by atoms with van der Waals surface area (Å²) in [5.41, 5.74) is 5.67. The lowest BCUT2D eigenvalue weighted by atomic mass is 10.00. The number of ether oxygens (including phenoxy) is 2. The molecule has 0 spiro atoms. The van der Waals surface area contributed by atoms with Crippen molar-refractivity contribution < 1.29 is 18.5 Å². The van der Waals surface area contributed by atoms with E-state index >= 15 is 0 Å². The second-order valence-electron chi connectivity index (χ2n) is 11.9. The Labute approximate surface area is 274 Å². The highest BCUT2D eigenvalue weighted by Gasteiger charge is 2.21. The summed E-state index contributed by atoms with van der Waals surface area (Å²) in [6.45, 7) is 10.1. The second-order valence-corrected chi connectivity index (χ2v) is 13.3. The van der Waals surface area contributed by atoms with Gasteiger partial charge in [0.25, 0.3) is 5.91 Å². The fraction of sp³-hybridized carbons (Fsp3) is 0.351. The molecular formula is C37H44N4O4S. The Morgan fingerprint density at radius 2 is 1.76 bits per heavy atom. The van der Waals surface area contributed by atoms with Crippen LogP contribution in [-0.2, 0) is 27.4 Å². The van der Waals surface area contributed by atoms with Crippen LogP contribution in [0.2, 0.25) is 0 Å². The largest absolute Gasteiger partial charge is 0.491 e. The number of aromatic nitrogens is 2. The number of amides is 1. The van der Waals surface area contributed by atoms with E-state index in [0.29, 0.717) is 41.3 Å². The quantitative estimate of drug-likeness (QED) is 0.145. The van der Waals surface area contributed by atoms with E-state index in [2.05, 4.69) is 66.3 Å². The van der Waals surface area contributed by atoms with Gasteiger partial charge in [-0.2, -0.15) is 0 Å². The van der Waals surface area contributed by atoms with Crippen molar-refractivity contribution in [1.82, 2.24) is 9.55 Å². The molecule has 1 amide bonds. The molecule has 9 heteroatoms. The molecule has 1 aromatic heterocycles. The van der Waals surface area contributed by atoms with Crippen molar-refractivity contribution in [1.29, 1.82) is 0 Å². The van der Waals surface area contributed by atoms with Gasteiger partial charge in [-0.1, -0.05) is 45.4 Å². The van der Waals surface area contributed by atoms with Gasteiger partial charge in [-0.15, -0.1) is 0 Å². The van der Waals surface area contributed by atoms with Gasteiger partial charge in [0.1, 0.15) is 23.2 Å². The highest BCUT2D eigenvalue weighted by Crippen LogP contribution is 2.34. The summed E-state index contributed by atoms with van der Waals surface area (Å²) in [4.78, 5) is 20.8. The van der Waals surface area contributed by atoms with E-state index in [1.807, 2.05) is 25.3 Å². The molecule has 3 aromatic carbocycles. The first-order valence-electron chi connectivity index (χ1n) is 16.0. The molecule has 46 heavy (non-hydrogen) atoms. The minimum atomic E-state index is -1.40. The molecule has 1 atom stereocenters. The standard InChI is InChI=1S/C37H44N4O4S/c1-5-6-21-44-22-23-45-33-12-7-28(8-13-33)29-9-16-35-31(24-29)25-30(17-19-41(35)26-27(2)3)36(42)39-32-10-14-34(15-11-32)46(43)37-38-18-20-40(37)4/h7-16,18,20,24-25,27H,5-6,17,19,21-23,26H2,1-4H3,(H,39,42). The van der Waals surface area contributed by atoms with Crippen LogP contribution < -0.4 is 15.0 Å². The molecule has 1 aliphatic heterocycles. The number of imidazole rings is 1. The van der Waals surface area contributed by atoms with Gasteiger partial charge in [-0.25, -0.2) is 9.19 Å². The molecule has 4 aromatic rings. The van der Waals surface area contributed by atoms with E-state index in [1.54, 1.807) is 41.2 Å². The number of aryl methyl sites for hydroxylation is 1. The van der Waals surface area contributed by atoms with E-state index in [9.17, 15) is 9.00 Å². The van der Waals surface area contributed by atoms with Crippen LogP contribution in [0.3, 0.4) is 0 Å². The fourth-order valence-electron chi connectivity index (χ4n) is 5.40. The number of carbonyl (C=O) groups is 1. The van der Waals surface area contributed by atoms with Crippen LogP contribution >= 0.6 is 0 Å². The Morgan fingerprint density at radius 3 is 2.46 bits per heavy atom. The van der Waals surface area contributed by atoms with E-state index in [4.69, 9.17) is 9.47 Å². The van der Waals surface area contributed by atoms with Crippen LogP contribution in [0, 0.1) is 5.92 Å². The predicted molar refractivity (Wildman–Crippen MR) is 186 cm³/mol. The van der Waals surface area contributed by atoms with Crippen LogP contribution in [-0.4, -0.2) is 52.6 Å². The number of rotatable bonds is 14. The highest BCUT2D eigenvalue weighted by atomic mass is 32.2. The zero-order chi connectivity index (χ0) is 32.5. The molecule has 0 saturated heterocycles. The first-order valence-corrected chi connectivity index (χ1v) is 17.2. The number of nitrogens with zero attached hydrogens (tertiary/aromatic N) is 3. The zero-order valence-corrected chi connectivity index (χ0v) is 28.0. The zero-order valence-electron chi connectivity index (χ0n) is 27.2. The fourth-order valence-corrected chi connectivity index (χ4v) is 6.48. The molecule has 1 N–H and O–H groups in total. The summed E-state index contributed by atoms with van der Waals surface area (Å²) in [6, 6.07) is 21.7. The summed E-state index contributed by atoms with van der Waals surface area (Å²) >= 11 is 0. The van der Waals surface area contributed by atoms with Crippen molar-refractivity contribution in [2.75, 3.05) is 43.1 Å². The van der Waals surface area contributed by atoms with Crippen molar-refractivity contribution >= 4 is 34.2 Å². The van der Waals surface area contributed by atoms with Gasteiger partial charge in [0.05, 0.1) is 6.61 Å². The lowest BCUT2D eigenvalue weighted by molar-refractivity contribution is -0.112. The van der Waals surface area contributed by atoms with Gasteiger partial charge in [0, 0.05) is 61.0 Å². The predicted octanol–water partition coefficient (Wildman–Crippen LogP) is 7.34. The molecular weight excluding hydrogens is 596 g/mol. The van der Waals surface area contributed by atoms with Crippen molar-refractivity contribution in [2.24, 2.45) is 13.0 Å². The number of nitrogens with one attached hydrogen (secondary N) is 1. The number of benzene rings is 3. The molecule has 1 aliphatic rings. The number of carbonyl (C=O) groups excluding carboxylic acids is 1. The van der Waals surface area contributed by atoms with Gasteiger partial charge in [0.15, 0.2) is 0 Å². The first-order chi connectivity index (χ1) is 22.3. The molecule has 8 nitrogen and oxygen atoms in total. The number of unbranched alkanes of at least 4 members (excludes halogenated alkanes) is 1. The third-order valence-corrected chi connectivity index (χ3v) is 9.25. The van der Waals surface area contributed by atoms with Crippen molar-refractivity contribution in [3.8, 4) is 16.9 Å². The van der Waals surface area contributed by atoms with Crippen molar-refractivity contribution in [3.63, 3.8) is 0 Å². The van der Waals surface area contributed by atoms with Crippen LogP contribution in [0.25, 0.3) is 17.2 Å². The summed E-state index contributed by atoms with van der Waals surface area (Å²) in [7, 11) is 0.415. The molecule has 0 radical (unpaired) electrons. The van der Waals surface area contributed by atoms with E-state index < -0.39 is 10.8 Å². The molecule has 242 valence electrons. The average molecular weight is 641 g/mol. The smallest absolute Gasteiger partial charge is 0.251 e. The second kappa shape index (κ2) is 15.9. The lowest BCUT2D eigenvalue weighted by Crippen LogP contribution is -2.29. The minimum Gasteiger partial charge on any atom is -0.491 e. The summed E-state index contributed by atoms with van der Waals surface area (Å²) in [5, 5.41) is 3.54. The van der Waals surface area contributed by atoms with Gasteiger partial charge in [-0.3, -0.25) is 4.79 Å². The normalized spacial score (nSPS) is 13.6. The first kappa shape index (κ1) is 33.2. The summed E-state index contributed by atoms with van der Waals surface area (Å²) in [6.07, 6.45) is 8.23. The van der Waals surface area contributed by atoms with E-state index in [1.165, 1.54) is 0 Å². The maximum Gasteiger partial charge on any atom is 0.251 e. The molecule has 0 fully saturated rings. The summed E-state index contributed by atoms with van der Waals surface area (Å²) < 4.78 is 26.1. The van der Waals surface area contributed by atoms with Crippen LogP contribution in [0.4, 0.5) is 11.4 Å². The Bertz CT molecular complexity index is 1660. The van der Waals surface area contributed by atoms with Crippen LogP contribution in [0.15, 0.2) is 94.7 Å². The number of anilines is 2. The third-order valence-electron chi connectivity index (χ3n) is 7.82. The van der Waals surface area contributed by atoms with E-state index in [-0.39, 0.29) is 5.91 Å². The van der Waals surface area contributed by atoms with Gasteiger partial charge < -0.3 is 24.3 Å². The molecule has 0 bridgehead atoms.